The number of para-hydroxylation sites is 1. The van der Waals surface area contributed by atoms with Gasteiger partial charge in [-0.25, -0.2) is 9.97 Å². The SMILES string of the molecule is Nc1c(NNC(=O)c2ccncc2)ncnc1Nc1ccccc1C(F)(F)F. The Bertz CT molecular complexity index is 980. The summed E-state index contributed by atoms with van der Waals surface area (Å²) in [6.07, 6.45) is -0.553. The number of alkyl halides is 3. The van der Waals surface area contributed by atoms with Crippen LogP contribution in [-0.2, 0) is 6.18 Å². The number of pyridine rings is 1. The molecule has 144 valence electrons. The number of nitrogens with two attached hydrogens (primary N) is 1. The minimum atomic E-state index is -4.55. The van der Waals surface area contributed by atoms with Crippen LogP contribution in [0.15, 0.2) is 55.1 Å². The smallest absolute Gasteiger partial charge is 0.393 e. The van der Waals surface area contributed by atoms with E-state index in [1.165, 1.54) is 42.7 Å². The first kappa shape index (κ1) is 18.9. The molecular weight excluding hydrogens is 375 g/mol. The predicted octanol–water partition coefficient (Wildman–Crippen LogP) is 2.97. The van der Waals surface area contributed by atoms with Crippen molar-refractivity contribution in [1.82, 2.24) is 20.4 Å². The number of rotatable bonds is 5. The topological polar surface area (TPSA) is 118 Å². The Kier molecular flexibility index (Phi) is 5.25. The van der Waals surface area contributed by atoms with Crippen molar-refractivity contribution in [3.63, 3.8) is 0 Å². The van der Waals surface area contributed by atoms with Crippen molar-refractivity contribution in [3.8, 4) is 0 Å². The molecule has 1 amide bonds. The number of benzene rings is 1. The van der Waals surface area contributed by atoms with E-state index in [9.17, 15) is 18.0 Å². The molecule has 28 heavy (non-hydrogen) atoms. The number of halogens is 3. The lowest BCUT2D eigenvalue weighted by atomic mass is 10.1. The van der Waals surface area contributed by atoms with Crippen LogP contribution in [0.2, 0.25) is 0 Å². The molecule has 0 atom stereocenters. The Morgan fingerprint density at radius 2 is 1.68 bits per heavy atom. The molecule has 3 aromatic rings. The van der Waals surface area contributed by atoms with E-state index in [2.05, 4.69) is 31.1 Å². The first-order valence-electron chi connectivity index (χ1n) is 7.86. The molecule has 3 rings (SSSR count). The monoisotopic (exact) mass is 389 g/mol. The number of anilines is 4. The number of amides is 1. The zero-order chi connectivity index (χ0) is 20.1. The standard InChI is InChI=1S/C17H14F3N7O/c18-17(19,20)11-3-1-2-4-12(11)25-14-13(21)15(24-9-23-14)26-27-16(28)10-5-7-22-8-6-10/h1-9H,21H2,(H,27,28)(H2,23,24,25,26). The van der Waals surface area contributed by atoms with Gasteiger partial charge in [-0.3, -0.25) is 20.6 Å². The molecule has 0 aliphatic heterocycles. The average molecular weight is 389 g/mol. The number of hydrogen-bond donors (Lipinski definition) is 4. The molecule has 0 unspecified atom stereocenters. The van der Waals surface area contributed by atoms with E-state index < -0.39 is 17.6 Å². The second kappa shape index (κ2) is 7.78. The van der Waals surface area contributed by atoms with Crippen molar-refractivity contribution in [2.45, 2.75) is 6.18 Å². The van der Waals surface area contributed by atoms with Crippen molar-refractivity contribution in [1.29, 1.82) is 0 Å². The first-order chi connectivity index (χ1) is 13.4. The number of hydrazine groups is 1. The molecular formula is C17H14F3N7O. The fraction of sp³-hybridized carbons (Fsp3) is 0.0588. The van der Waals surface area contributed by atoms with E-state index in [1.54, 1.807) is 0 Å². The maximum absolute atomic E-state index is 13.1. The molecule has 2 aromatic heterocycles. The highest BCUT2D eigenvalue weighted by molar-refractivity contribution is 5.95. The van der Waals surface area contributed by atoms with Gasteiger partial charge in [0.25, 0.3) is 5.91 Å². The second-order valence-electron chi connectivity index (χ2n) is 5.47. The summed E-state index contributed by atoms with van der Waals surface area (Å²) in [5, 5.41) is 2.55. The van der Waals surface area contributed by atoms with Gasteiger partial charge in [-0.2, -0.15) is 13.2 Å². The summed E-state index contributed by atoms with van der Waals surface area (Å²) >= 11 is 0. The fourth-order valence-electron chi connectivity index (χ4n) is 2.25. The number of carbonyl (C=O) groups excluding carboxylic acids is 1. The van der Waals surface area contributed by atoms with Crippen molar-refractivity contribution in [2.75, 3.05) is 16.5 Å². The predicted molar refractivity (Wildman–Crippen MR) is 96.5 cm³/mol. The average Bonchev–Trinajstić information content (AvgIpc) is 2.68. The Morgan fingerprint density at radius 1 is 1.00 bits per heavy atom. The normalized spacial score (nSPS) is 11.0. The summed E-state index contributed by atoms with van der Waals surface area (Å²) < 4.78 is 39.4. The van der Waals surface area contributed by atoms with Crippen LogP contribution in [-0.4, -0.2) is 20.9 Å². The third kappa shape index (κ3) is 4.26. The Hall–Kier alpha value is -3.89. The lowest BCUT2D eigenvalue weighted by molar-refractivity contribution is -0.136. The molecule has 11 heteroatoms. The highest BCUT2D eigenvalue weighted by atomic mass is 19.4. The third-order valence-electron chi connectivity index (χ3n) is 3.61. The van der Waals surface area contributed by atoms with E-state index in [-0.39, 0.29) is 23.0 Å². The maximum atomic E-state index is 13.1. The van der Waals surface area contributed by atoms with Gasteiger partial charge in [-0.05, 0) is 24.3 Å². The summed E-state index contributed by atoms with van der Waals surface area (Å²) in [4.78, 5) is 23.6. The molecule has 0 saturated carbocycles. The van der Waals surface area contributed by atoms with Crippen molar-refractivity contribution >= 4 is 28.9 Å². The summed E-state index contributed by atoms with van der Waals surface area (Å²) in [5.41, 5.74) is 10.0. The quantitative estimate of drug-likeness (QED) is 0.496. The number of hydrogen-bond acceptors (Lipinski definition) is 7. The van der Waals surface area contributed by atoms with Gasteiger partial charge < -0.3 is 11.1 Å². The van der Waals surface area contributed by atoms with Crippen LogP contribution in [0.4, 0.5) is 36.2 Å². The number of aromatic nitrogens is 3. The second-order valence-corrected chi connectivity index (χ2v) is 5.47. The Balaban J connectivity index is 1.78. The first-order valence-corrected chi connectivity index (χ1v) is 7.86. The molecule has 0 spiro atoms. The lowest BCUT2D eigenvalue weighted by Crippen LogP contribution is -2.30. The van der Waals surface area contributed by atoms with Gasteiger partial charge in [0.2, 0.25) is 0 Å². The van der Waals surface area contributed by atoms with Crippen LogP contribution in [0.3, 0.4) is 0 Å². The summed E-state index contributed by atoms with van der Waals surface area (Å²) in [5.74, 6) is -0.505. The molecule has 0 radical (unpaired) electrons. The summed E-state index contributed by atoms with van der Waals surface area (Å²) in [6.45, 7) is 0. The van der Waals surface area contributed by atoms with E-state index in [1.807, 2.05) is 0 Å². The molecule has 8 nitrogen and oxygen atoms in total. The van der Waals surface area contributed by atoms with Crippen LogP contribution in [0.5, 0.6) is 0 Å². The van der Waals surface area contributed by atoms with Gasteiger partial charge in [0.05, 0.1) is 11.3 Å². The van der Waals surface area contributed by atoms with Crippen LogP contribution in [0.25, 0.3) is 0 Å². The van der Waals surface area contributed by atoms with Crippen molar-refractivity contribution in [3.05, 3.63) is 66.2 Å². The minimum Gasteiger partial charge on any atom is -0.393 e. The van der Waals surface area contributed by atoms with Crippen molar-refractivity contribution in [2.24, 2.45) is 0 Å². The van der Waals surface area contributed by atoms with E-state index in [4.69, 9.17) is 5.73 Å². The highest BCUT2D eigenvalue weighted by Crippen LogP contribution is 2.36. The van der Waals surface area contributed by atoms with Gasteiger partial charge in [-0.1, -0.05) is 12.1 Å². The van der Waals surface area contributed by atoms with Crippen LogP contribution in [0.1, 0.15) is 15.9 Å². The van der Waals surface area contributed by atoms with Crippen LogP contribution < -0.4 is 21.9 Å². The molecule has 1 aromatic carbocycles. The van der Waals surface area contributed by atoms with Crippen LogP contribution in [0, 0.1) is 0 Å². The van der Waals surface area contributed by atoms with Crippen molar-refractivity contribution < 1.29 is 18.0 Å². The molecule has 5 N–H and O–H groups in total. The molecule has 0 aliphatic carbocycles. The van der Waals surface area contributed by atoms with Gasteiger partial charge in [0.1, 0.15) is 12.0 Å². The Labute approximate surface area is 157 Å². The number of nitrogens with one attached hydrogen (secondary N) is 3. The maximum Gasteiger partial charge on any atom is 0.418 e. The fourth-order valence-corrected chi connectivity index (χ4v) is 2.25. The highest BCUT2D eigenvalue weighted by Gasteiger charge is 2.33. The Morgan fingerprint density at radius 3 is 2.39 bits per heavy atom. The third-order valence-corrected chi connectivity index (χ3v) is 3.61. The summed E-state index contributed by atoms with van der Waals surface area (Å²) in [7, 11) is 0. The molecule has 0 aliphatic rings. The molecule has 2 heterocycles. The minimum absolute atomic E-state index is 0.0180. The van der Waals surface area contributed by atoms with Gasteiger partial charge in [0.15, 0.2) is 11.6 Å². The number of nitrogens with zero attached hydrogens (tertiary/aromatic N) is 3. The molecule has 0 bridgehead atoms. The van der Waals surface area contributed by atoms with Gasteiger partial charge in [0, 0.05) is 18.0 Å². The molecule has 0 fully saturated rings. The summed E-state index contributed by atoms with van der Waals surface area (Å²) in [6, 6.07) is 7.92. The molecule has 0 saturated heterocycles. The van der Waals surface area contributed by atoms with Gasteiger partial charge >= 0.3 is 6.18 Å². The number of carbonyl (C=O) groups is 1. The van der Waals surface area contributed by atoms with Crippen LogP contribution >= 0.6 is 0 Å². The van der Waals surface area contributed by atoms with E-state index >= 15 is 0 Å². The zero-order valence-electron chi connectivity index (χ0n) is 14.2. The van der Waals surface area contributed by atoms with Gasteiger partial charge in [-0.15, -0.1) is 0 Å². The number of nitrogen functional groups attached to an aromatic ring is 1. The zero-order valence-corrected chi connectivity index (χ0v) is 14.2. The largest absolute Gasteiger partial charge is 0.418 e. The van der Waals surface area contributed by atoms with E-state index in [0.717, 1.165) is 12.4 Å². The van der Waals surface area contributed by atoms with E-state index in [0.29, 0.717) is 5.56 Å². The lowest BCUT2D eigenvalue weighted by Gasteiger charge is -2.16.